The summed E-state index contributed by atoms with van der Waals surface area (Å²) in [5, 5.41) is 3.01. The maximum atomic E-state index is 13.0. The first-order chi connectivity index (χ1) is 12.6. The molecule has 1 amide bonds. The predicted octanol–water partition coefficient (Wildman–Crippen LogP) is 2.71. The van der Waals surface area contributed by atoms with Gasteiger partial charge in [-0.25, -0.2) is 4.39 Å². The Hall–Kier alpha value is -2.09. The molecule has 0 unspecified atom stereocenters. The SMILES string of the molecule is O=C(NCCN1CCOCC1)c1ccc(COc2ccc(F)cc2Cl)o1. The van der Waals surface area contributed by atoms with E-state index >= 15 is 0 Å². The number of nitrogens with one attached hydrogen (secondary N) is 1. The molecular formula is C18H20ClFN2O4. The average Bonchev–Trinajstić information content (AvgIpc) is 3.11. The van der Waals surface area contributed by atoms with Crippen LogP contribution < -0.4 is 10.1 Å². The first-order valence-corrected chi connectivity index (χ1v) is 8.74. The number of nitrogens with zero attached hydrogens (tertiary/aromatic N) is 1. The molecule has 1 fully saturated rings. The van der Waals surface area contributed by atoms with Gasteiger partial charge in [-0.15, -0.1) is 0 Å². The van der Waals surface area contributed by atoms with Gasteiger partial charge in [-0.3, -0.25) is 9.69 Å². The predicted molar refractivity (Wildman–Crippen MR) is 94.0 cm³/mol. The Kier molecular flexibility index (Phi) is 6.49. The molecule has 2 aromatic rings. The standard InChI is InChI=1S/C18H20ClFN2O4/c19-15-11-13(20)1-3-16(15)25-12-14-2-4-17(26-14)18(23)21-5-6-22-7-9-24-10-8-22/h1-4,11H,5-10,12H2,(H,21,23). The van der Waals surface area contributed by atoms with E-state index in [0.29, 0.717) is 18.1 Å². The van der Waals surface area contributed by atoms with Crippen molar-refractivity contribution < 1.29 is 23.1 Å². The Bertz CT molecular complexity index is 747. The number of benzene rings is 1. The number of morpholine rings is 1. The number of hydrogen-bond donors (Lipinski definition) is 1. The van der Waals surface area contributed by atoms with Crippen LogP contribution in [0.1, 0.15) is 16.3 Å². The normalized spacial score (nSPS) is 15.0. The van der Waals surface area contributed by atoms with Crippen molar-refractivity contribution in [1.82, 2.24) is 10.2 Å². The third-order valence-corrected chi connectivity index (χ3v) is 4.26. The molecule has 8 heteroatoms. The number of rotatable bonds is 7. The molecule has 140 valence electrons. The smallest absolute Gasteiger partial charge is 0.287 e. The minimum absolute atomic E-state index is 0.0897. The minimum atomic E-state index is -0.434. The van der Waals surface area contributed by atoms with Gasteiger partial charge in [0.25, 0.3) is 5.91 Å². The van der Waals surface area contributed by atoms with E-state index in [2.05, 4.69) is 10.2 Å². The number of carbonyl (C=O) groups is 1. The molecule has 1 aromatic heterocycles. The fourth-order valence-electron chi connectivity index (χ4n) is 2.56. The zero-order chi connectivity index (χ0) is 18.4. The lowest BCUT2D eigenvalue weighted by atomic mass is 10.3. The molecule has 0 bridgehead atoms. The van der Waals surface area contributed by atoms with Crippen LogP contribution in [-0.4, -0.2) is 50.2 Å². The zero-order valence-corrected chi connectivity index (χ0v) is 14.9. The number of amides is 1. The highest BCUT2D eigenvalue weighted by Crippen LogP contribution is 2.25. The lowest BCUT2D eigenvalue weighted by Crippen LogP contribution is -2.41. The summed E-state index contributed by atoms with van der Waals surface area (Å²) < 4.78 is 29.3. The van der Waals surface area contributed by atoms with Crippen molar-refractivity contribution in [2.45, 2.75) is 6.61 Å². The van der Waals surface area contributed by atoms with Gasteiger partial charge in [-0.05, 0) is 30.3 Å². The Balaban J connectivity index is 1.45. The molecule has 1 N–H and O–H groups in total. The van der Waals surface area contributed by atoms with Crippen LogP contribution in [0, 0.1) is 5.82 Å². The zero-order valence-electron chi connectivity index (χ0n) is 14.2. The van der Waals surface area contributed by atoms with E-state index in [1.54, 1.807) is 12.1 Å². The molecule has 0 aliphatic carbocycles. The summed E-state index contributed by atoms with van der Waals surface area (Å²) in [5.74, 6) is 0.334. The second-order valence-electron chi connectivity index (χ2n) is 5.84. The Labute approximate surface area is 155 Å². The third kappa shape index (κ3) is 5.20. The van der Waals surface area contributed by atoms with Crippen LogP contribution in [-0.2, 0) is 11.3 Å². The molecule has 2 heterocycles. The Morgan fingerprint density at radius 3 is 2.85 bits per heavy atom. The van der Waals surface area contributed by atoms with E-state index in [0.717, 1.165) is 32.8 Å². The fourth-order valence-corrected chi connectivity index (χ4v) is 2.78. The van der Waals surface area contributed by atoms with Crippen LogP contribution in [0.4, 0.5) is 4.39 Å². The maximum Gasteiger partial charge on any atom is 0.287 e. The van der Waals surface area contributed by atoms with E-state index in [4.69, 9.17) is 25.5 Å². The molecule has 0 spiro atoms. The van der Waals surface area contributed by atoms with Crippen LogP contribution in [0.3, 0.4) is 0 Å². The molecule has 26 heavy (non-hydrogen) atoms. The summed E-state index contributed by atoms with van der Waals surface area (Å²) in [6.45, 7) is 4.62. The van der Waals surface area contributed by atoms with Crippen molar-refractivity contribution in [1.29, 1.82) is 0 Å². The molecule has 0 radical (unpaired) electrons. The van der Waals surface area contributed by atoms with Crippen LogP contribution in [0.5, 0.6) is 5.75 Å². The molecular weight excluding hydrogens is 363 g/mol. The number of furan rings is 1. The molecule has 1 aromatic carbocycles. The van der Waals surface area contributed by atoms with Crippen molar-refractivity contribution in [2.24, 2.45) is 0 Å². The Morgan fingerprint density at radius 2 is 2.08 bits per heavy atom. The topological polar surface area (TPSA) is 63.9 Å². The molecule has 3 rings (SSSR count). The van der Waals surface area contributed by atoms with Gasteiger partial charge in [-0.1, -0.05) is 11.6 Å². The van der Waals surface area contributed by atoms with Crippen molar-refractivity contribution in [3.8, 4) is 5.75 Å². The van der Waals surface area contributed by atoms with Crippen molar-refractivity contribution in [3.63, 3.8) is 0 Å². The number of hydrogen-bond acceptors (Lipinski definition) is 5. The lowest BCUT2D eigenvalue weighted by Gasteiger charge is -2.26. The third-order valence-electron chi connectivity index (χ3n) is 3.97. The second-order valence-corrected chi connectivity index (χ2v) is 6.25. The van der Waals surface area contributed by atoms with Gasteiger partial charge in [0.1, 0.15) is 23.9 Å². The number of halogens is 2. The van der Waals surface area contributed by atoms with Crippen molar-refractivity contribution >= 4 is 17.5 Å². The van der Waals surface area contributed by atoms with E-state index in [1.165, 1.54) is 18.2 Å². The van der Waals surface area contributed by atoms with Gasteiger partial charge >= 0.3 is 0 Å². The molecule has 6 nitrogen and oxygen atoms in total. The van der Waals surface area contributed by atoms with E-state index in [9.17, 15) is 9.18 Å². The summed E-state index contributed by atoms with van der Waals surface area (Å²) in [7, 11) is 0. The first-order valence-electron chi connectivity index (χ1n) is 8.36. The monoisotopic (exact) mass is 382 g/mol. The summed E-state index contributed by atoms with van der Waals surface area (Å²) in [4.78, 5) is 14.3. The molecule has 1 aliphatic heterocycles. The highest BCUT2D eigenvalue weighted by Gasteiger charge is 2.14. The highest BCUT2D eigenvalue weighted by atomic mass is 35.5. The van der Waals surface area contributed by atoms with Crippen LogP contribution >= 0.6 is 11.6 Å². The average molecular weight is 383 g/mol. The summed E-state index contributed by atoms with van der Waals surface area (Å²) in [6.07, 6.45) is 0. The quantitative estimate of drug-likeness (QED) is 0.797. The van der Waals surface area contributed by atoms with E-state index < -0.39 is 5.82 Å². The molecule has 1 saturated heterocycles. The minimum Gasteiger partial charge on any atom is -0.484 e. The highest BCUT2D eigenvalue weighted by molar-refractivity contribution is 6.32. The van der Waals surface area contributed by atoms with Gasteiger partial charge < -0.3 is 19.2 Å². The summed E-state index contributed by atoms with van der Waals surface area (Å²) in [6, 6.07) is 7.13. The van der Waals surface area contributed by atoms with Crippen molar-refractivity contribution in [3.05, 3.63) is 52.7 Å². The van der Waals surface area contributed by atoms with Gasteiger partial charge in [-0.2, -0.15) is 0 Å². The van der Waals surface area contributed by atoms with Gasteiger partial charge in [0.2, 0.25) is 0 Å². The van der Waals surface area contributed by atoms with E-state index in [-0.39, 0.29) is 23.3 Å². The first kappa shape index (κ1) is 18.7. The second kappa shape index (κ2) is 9.02. The van der Waals surface area contributed by atoms with Crippen LogP contribution in [0.15, 0.2) is 34.7 Å². The Morgan fingerprint density at radius 1 is 1.27 bits per heavy atom. The molecule has 1 aliphatic rings. The number of carbonyl (C=O) groups excluding carboxylic acids is 1. The largest absolute Gasteiger partial charge is 0.484 e. The van der Waals surface area contributed by atoms with Crippen LogP contribution in [0.25, 0.3) is 0 Å². The maximum absolute atomic E-state index is 13.0. The van der Waals surface area contributed by atoms with E-state index in [1.807, 2.05) is 0 Å². The van der Waals surface area contributed by atoms with Gasteiger partial charge in [0.15, 0.2) is 5.76 Å². The number of ether oxygens (including phenoxy) is 2. The van der Waals surface area contributed by atoms with Crippen LogP contribution in [0.2, 0.25) is 5.02 Å². The lowest BCUT2D eigenvalue weighted by molar-refractivity contribution is 0.0382. The molecule has 0 atom stereocenters. The summed E-state index contributed by atoms with van der Waals surface area (Å²) in [5.41, 5.74) is 0. The summed E-state index contributed by atoms with van der Waals surface area (Å²) >= 11 is 5.90. The van der Waals surface area contributed by atoms with Gasteiger partial charge in [0, 0.05) is 26.2 Å². The molecule has 0 saturated carbocycles. The van der Waals surface area contributed by atoms with Crippen molar-refractivity contribution in [2.75, 3.05) is 39.4 Å². The fraction of sp³-hybridized carbons (Fsp3) is 0.389. The van der Waals surface area contributed by atoms with Gasteiger partial charge in [0.05, 0.1) is 18.2 Å².